The predicted molar refractivity (Wildman–Crippen MR) is 179 cm³/mol. The van der Waals surface area contributed by atoms with Gasteiger partial charge in [-0.2, -0.15) is 0 Å². The average Bonchev–Trinajstić information content (AvgIpc) is 2.97. The monoisotopic (exact) mass is 603 g/mol. The quantitative estimate of drug-likeness (QED) is 0.0493. The molecule has 0 aromatic carbocycles. The lowest BCUT2D eigenvalue weighted by molar-refractivity contribution is -0.141. The maximum absolute atomic E-state index is 11.5. The molecule has 0 radical (unpaired) electrons. The summed E-state index contributed by atoms with van der Waals surface area (Å²) in [4.78, 5) is 13.3. The first-order valence-corrected chi connectivity index (χ1v) is 18.1. The topological polar surface area (TPSA) is 113 Å². The molecule has 0 heterocycles. The highest BCUT2D eigenvalue weighted by Crippen LogP contribution is 2.15. The van der Waals surface area contributed by atoms with Gasteiger partial charge in [-0.05, 0) is 19.4 Å². The Labute approximate surface area is 261 Å². The Morgan fingerprint density at radius 3 is 1.21 bits per heavy atom. The molecule has 0 amide bonds. The lowest BCUT2D eigenvalue weighted by Gasteiger charge is -2.17. The first-order valence-electron chi connectivity index (χ1n) is 18.1. The molecular formula is C35H74N2O5. The molecule has 1 atom stereocenters. The average molecular weight is 603 g/mol. The van der Waals surface area contributed by atoms with Crippen molar-refractivity contribution in [1.82, 2.24) is 10.2 Å². The SMILES string of the molecule is CCCCCCCCCCCCCCC(CNCCCCCCCCCCCC)C(=O)O.OCCN(CCO)CCO. The summed E-state index contributed by atoms with van der Waals surface area (Å²) in [5.41, 5.74) is 0. The molecule has 0 aliphatic heterocycles. The lowest BCUT2D eigenvalue weighted by atomic mass is 9.99. The summed E-state index contributed by atoms with van der Waals surface area (Å²) >= 11 is 0. The van der Waals surface area contributed by atoms with Gasteiger partial charge in [-0.15, -0.1) is 0 Å². The Morgan fingerprint density at radius 2 is 0.881 bits per heavy atom. The van der Waals surface area contributed by atoms with Gasteiger partial charge in [0.05, 0.1) is 25.7 Å². The van der Waals surface area contributed by atoms with Crippen LogP contribution in [0.1, 0.15) is 162 Å². The molecule has 1 unspecified atom stereocenters. The minimum atomic E-state index is -0.622. The second-order valence-electron chi connectivity index (χ2n) is 12.1. The third-order valence-electron chi connectivity index (χ3n) is 8.10. The maximum atomic E-state index is 11.5. The van der Waals surface area contributed by atoms with E-state index in [1.54, 1.807) is 4.90 Å². The summed E-state index contributed by atoms with van der Waals surface area (Å²) in [6.45, 7) is 7.91. The van der Waals surface area contributed by atoms with Gasteiger partial charge in [-0.3, -0.25) is 9.69 Å². The molecule has 5 N–H and O–H groups in total. The number of aliphatic carboxylic acids is 1. The number of hydrogen-bond donors (Lipinski definition) is 5. The Morgan fingerprint density at radius 1 is 0.548 bits per heavy atom. The molecule has 0 saturated heterocycles. The van der Waals surface area contributed by atoms with Crippen molar-refractivity contribution in [2.75, 3.05) is 52.5 Å². The van der Waals surface area contributed by atoms with Crippen LogP contribution in [0.2, 0.25) is 0 Å². The summed E-state index contributed by atoms with van der Waals surface area (Å²) in [6, 6.07) is 0. The minimum Gasteiger partial charge on any atom is -0.481 e. The summed E-state index contributed by atoms with van der Waals surface area (Å²) in [7, 11) is 0. The summed E-state index contributed by atoms with van der Waals surface area (Å²) in [5, 5.41) is 38.3. The van der Waals surface area contributed by atoms with Crippen LogP contribution in [0, 0.1) is 5.92 Å². The van der Waals surface area contributed by atoms with Gasteiger partial charge in [0.1, 0.15) is 0 Å². The van der Waals surface area contributed by atoms with Gasteiger partial charge in [0.25, 0.3) is 0 Å². The summed E-state index contributed by atoms with van der Waals surface area (Å²) < 4.78 is 0. The fourth-order valence-electron chi connectivity index (χ4n) is 5.32. The molecule has 7 nitrogen and oxygen atoms in total. The molecule has 0 saturated carbocycles. The van der Waals surface area contributed by atoms with Crippen molar-refractivity contribution < 1.29 is 25.2 Å². The highest BCUT2D eigenvalue weighted by atomic mass is 16.4. The van der Waals surface area contributed by atoms with Gasteiger partial charge in [-0.25, -0.2) is 0 Å². The fourth-order valence-corrected chi connectivity index (χ4v) is 5.32. The number of aliphatic hydroxyl groups excluding tert-OH is 3. The molecule has 0 fully saturated rings. The molecule has 0 aromatic rings. The van der Waals surface area contributed by atoms with E-state index in [0.717, 1.165) is 19.4 Å². The second-order valence-corrected chi connectivity index (χ2v) is 12.1. The number of hydrogen-bond acceptors (Lipinski definition) is 6. The normalized spacial score (nSPS) is 12.0. The maximum Gasteiger partial charge on any atom is 0.307 e. The third-order valence-corrected chi connectivity index (χ3v) is 8.10. The summed E-state index contributed by atoms with van der Waals surface area (Å²) in [6.07, 6.45) is 30.3. The van der Waals surface area contributed by atoms with Crippen LogP contribution in [-0.4, -0.2) is 83.8 Å². The Bertz CT molecular complexity index is 468. The zero-order chi connectivity index (χ0) is 31.4. The Kier molecular flexibility index (Phi) is 39.6. The lowest BCUT2D eigenvalue weighted by Crippen LogP contribution is -2.32. The van der Waals surface area contributed by atoms with Crippen molar-refractivity contribution in [2.24, 2.45) is 5.92 Å². The molecule has 0 aliphatic carbocycles. The first-order chi connectivity index (χ1) is 20.6. The first kappa shape index (κ1) is 43.4. The zero-order valence-electron chi connectivity index (χ0n) is 28.1. The van der Waals surface area contributed by atoms with E-state index in [2.05, 4.69) is 19.2 Å². The van der Waals surface area contributed by atoms with Crippen LogP contribution in [0.25, 0.3) is 0 Å². The Balaban J connectivity index is 0. The van der Waals surface area contributed by atoms with Gasteiger partial charge in [-0.1, -0.05) is 149 Å². The number of carboxylic acid groups (broad SMARTS) is 1. The van der Waals surface area contributed by atoms with Crippen molar-refractivity contribution in [3.8, 4) is 0 Å². The van der Waals surface area contributed by atoms with E-state index in [9.17, 15) is 9.90 Å². The van der Waals surface area contributed by atoms with Gasteiger partial charge in [0.2, 0.25) is 0 Å². The predicted octanol–water partition coefficient (Wildman–Crippen LogP) is 7.55. The van der Waals surface area contributed by atoms with Crippen molar-refractivity contribution >= 4 is 5.97 Å². The molecule has 254 valence electrons. The number of carboxylic acids is 1. The molecule has 42 heavy (non-hydrogen) atoms. The number of nitrogens with zero attached hydrogens (tertiary/aromatic N) is 1. The van der Waals surface area contributed by atoms with Gasteiger partial charge >= 0.3 is 5.97 Å². The van der Waals surface area contributed by atoms with Crippen molar-refractivity contribution in [2.45, 2.75) is 162 Å². The van der Waals surface area contributed by atoms with Crippen molar-refractivity contribution in [3.05, 3.63) is 0 Å². The molecule has 0 rings (SSSR count). The zero-order valence-corrected chi connectivity index (χ0v) is 28.1. The smallest absolute Gasteiger partial charge is 0.307 e. The molecule has 0 aliphatic rings. The van der Waals surface area contributed by atoms with Crippen LogP contribution in [0.4, 0.5) is 0 Å². The highest BCUT2D eigenvalue weighted by Gasteiger charge is 2.16. The Hall–Kier alpha value is -0.730. The third kappa shape index (κ3) is 35.5. The van der Waals surface area contributed by atoms with Gasteiger partial charge < -0.3 is 25.7 Å². The molecule has 0 spiro atoms. The molecule has 0 bridgehead atoms. The van der Waals surface area contributed by atoms with E-state index < -0.39 is 5.97 Å². The van der Waals surface area contributed by atoms with E-state index >= 15 is 0 Å². The number of nitrogens with one attached hydrogen (secondary N) is 1. The van der Waals surface area contributed by atoms with E-state index in [-0.39, 0.29) is 25.7 Å². The minimum absolute atomic E-state index is 0.0694. The molecule has 7 heteroatoms. The second kappa shape index (κ2) is 38.3. The van der Waals surface area contributed by atoms with E-state index in [4.69, 9.17) is 15.3 Å². The fraction of sp³-hybridized carbons (Fsp3) is 0.971. The van der Waals surface area contributed by atoms with Crippen LogP contribution in [0.15, 0.2) is 0 Å². The largest absolute Gasteiger partial charge is 0.481 e. The van der Waals surface area contributed by atoms with Crippen LogP contribution < -0.4 is 5.32 Å². The summed E-state index contributed by atoms with van der Waals surface area (Å²) in [5.74, 6) is -0.829. The van der Waals surface area contributed by atoms with Crippen LogP contribution >= 0.6 is 0 Å². The standard InChI is InChI=1S/C29H59NO2.C6H15NO3/c1-3-5-7-9-11-13-15-16-17-19-21-23-25-28(29(31)32)27-30-26-24-22-20-18-14-12-10-8-6-4-2;8-4-1-7(2-5-9)3-6-10/h28,30H,3-27H2,1-2H3,(H,31,32);8-10H,1-6H2. The van der Waals surface area contributed by atoms with Gasteiger partial charge in [0, 0.05) is 26.2 Å². The van der Waals surface area contributed by atoms with Crippen molar-refractivity contribution in [3.63, 3.8) is 0 Å². The van der Waals surface area contributed by atoms with Gasteiger partial charge in [0.15, 0.2) is 0 Å². The van der Waals surface area contributed by atoms with E-state index in [1.807, 2.05) is 0 Å². The number of rotatable bonds is 33. The van der Waals surface area contributed by atoms with Crippen LogP contribution in [0.3, 0.4) is 0 Å². The van der Waals surface area contributed by atoms with Crippen LogP contribution in [-0.2, 0) is 4.79 Å². The van der Waals surface area contributed by atoms with E-state index in [0.29, 0.717) is 26.2 Å². The number of aliphatic hydroxyl groups is 3. The molecular weight excluding hydrogens is 528 g/mol. The van der Waals surface area contributed by atoms with Crippen LogP contribution in [0.5, 0.6) is 0 Å². The number of carbonyl (C=O) groups is 1. The molecule has 0 aromatic heterocycles. The van der Waals surface area contributed by atoms with E-state index in [1.165, 1.54) is 135 Å². The van der Waals surface area contributed by atoms with Crippen molar-refractivity contribution in [1.29, 1.82) is 0 Å². The highest BCUT2D eigenvalue weighted by molar-refractivity contribution is 5.70. The number of unbranched alkanes of at least 4 members (excludes halogenated alkanes) is 20.